The average molecular weight is 727 g/mol. The zero-order chi connectivity index (χ0) is 37.1. The predicted molar refractivity (Wildman–Crippen MR) is 201 cm³/mol. The molecule has 3 unspecified atom stereocenters. The molecule has 1 fully saturated rings. The van der Waals surface area contributed by atoms with Crippen LogP contribution in [0.15, 0.2) is 30.3 Å². The van der Waals surface area contributed by atoms with Crippen molar-refractivity contribution in [2.24, 2.45) is 0 Å². The molecule has 10 heteroatoms. The summed E-state index contributed by atoms with van der Waals surface area (Å²) in [7, 11) is 1.59. The molecule has 10 nitrogen and oxygen atoms in total. The average Bonchev–Trinajstić information content (AvgIpc) is 3.14. The van der Waals surface area contributed by atoms with Crippen LogP contribution in [0.2, 0.25) is 0 Å². The van der Waals surface area contributed by atoms with Crippen LogP contribution in [0.3, 0.4) is 0 Å². The molecular weight excluding hydrogens is 652 g/mol. The van der Waals surface area contributed by atoms with E-state index in [-0.39, 0.29) is 18.8 Å². The molecule has 1 aliphatic heterocycles. The topological polar surface area (TPSA) is 103 Å². The Morgan fingerprint density at radius 1 is 0.686 bits per heavy atom. The number of methoxy groups -OCH3 is 1. The molecule has 0 radical (unpaired) electrons. The molecule has 0 amide bonds. The largest absolute Gasteiger partial charge is 0.387 e. The minimum atomic E-state index is -0.938. The van der Waals surface area contributed by atoms with Crippen molar-refractivity contribution in [3.8, 4) is 0 Å². The maximum absolute atomic E-state index is 11.3. The monoisotopic (exact) mass is 727 g/mol. The first-order chi connectivity index (χ1) is 24.9. The summed E-state index contributed by atoms with van der Waals surface area (Å²) in [6.07, 6.45) is 5.23. The Morgan fingerprint density at radius 3 is 1.86 bits per heavy atom. The third kappa shape index (κ3) is 18.1. The highest BCUT2D eigenvalue weighted by molar-refractivity contribution is 5.16. The highest BCUT2D eigenvalue weighted by Gasteiger charge is 2.48. The van der Waals surface area contributed by atoms with Crippen LogP contribution in [0.4, 0.5) is 0 Å². The first-order valence-corrected chi connectivity index (χ1v) is 20.1. The Balaban J connectivity index is 2.40. The Kier molecular flexibility index (Phi) is 26.3. The molecule has 0 spiro atoms. The van der Waals surface area contributed by atoms with Gasteiger partial charge in [-0.1, -0.05) is 97.1 Å². The Morgan fingerprint density at radius 2 is 1.25 bits per heavy atom. The highest BCUT2D eigenvalue weighted by Crippen LogP contribution is 2.29. The van der Waals surface area contributed by atoms with Gasteiger partial charge in [0.2, 0.25) is 0 Å². The normalized spacial score (nSPS) is 23.3. The molecule has 0 aliphatic carbocycles. The number of ether oxygens (including phenoxy) is 9. The van der Waals surface area contributed by atoms with Crippen LogP contribution in [-0.4, -0.2) is 120 Å². The minimum Gasteiger partial charge on any atom is -0.387 e. The van der Waals surface area contributed by atoms with Crippen molar-refractivity contribution in [2.75, 3.05) is 60.0 Å². The number of rotatable bonds is 32. The van der Waals surface area contributed by atoms with E-state index in [1.807, 2.05) is 13.0 Å². The van der Waals surface area contributed by atoms with Crippen molar-refractivity contribution in [2.45, 2.75) is 167 Å². The third-order valence-corrected chi connectivity index (χ3v) is 9.22. The quantitative estimate of drug-likeness (QED) is 0.0761. The lowest BCUT2D eigenvalue weighted by Gasteiger charge is -2.45. The molecule has 1 aliphatic rings. The Hall–Kier alpha value is -1.18. The van der Waals surface area contributed by atoms with Gasteiger partial charge in [0, 0.05) is 46.6 Å². The van der Waals surface area contributed by atoms with E-state index in [2.05, 4.69) is 58.9 Å². The summed E-state index contributed by atoms with van der Waals surface area (Å²) < 4.78 is 57.3. The second kappa shape index (κ2) is 29.2. The van der Waals surface area contributed by atoms with Gasteiger partial charge in [0.1, 0.15) is 36.6 Å². The molecule has 0 saturated carbocycles. The fraction of sp³-hybridized carbons (Fsp3) is 0.854. The standard InChI is InChI=1S/C41H74O10/c1-8-13-23-44-29-35(50-34(28-33-21-19-18-20-22-33)36(47-26-16-11-4)30-45-24-14-9-2)32(6)49-41-40(48-27-17-12-5)39(43-7)38(42)37(51-41)31-46-25-15-10-3/h18-22,32,34-42H,8-17,23-31H2,1-7H3/t32-,34-,35?,36-,37?,38-,39?,40-,41+/m0/s1. The molecule has 2 rings (SSSR count). The summed E-state index contributed by atoms with van der Waals surface area (Å²) in [5.41, 5.74) is 1.15. The van der Waals surface area contributed by atoms with Gasteiger partial charge in [-0.15, -0.1) is 0 Å². The van der Waals surface area contributed by atoms with Gasteiger partial charge >= 0.3 is 0 Å². The Labute approximate surface area is 310 Å². The van der Waals surface area contributed by atoms with Gasteiger partial charge in [-0.3, -0.25) is 0 Å². The SMILES string of the molecule is CCCCOCC1O[C@@H](O[C@@H](C)C(COCCCC)O[C@@H](Cc2ccccc2)[C@H](COCCCC)OCCCC)[C@@H](OCCCC)C(OC)[C@H]1O. The fourth-order valence-corrected chi connectivity index (χ4v) is 5.85. The van der Waals surface area contributed by atoms with E-state index in [1.54, 1.807) is 7.11 Å². The first kappa shape index (κ1) is 46.0. The van der Waals surface area contributed by atoms with Crippen LogP contribution >= 0.6 is 0 Å². The van der Waals surface area contributed by atoms with Gasteiger partial charge in [-0.05, 0) is 44.6 Å². The van der Waals surface area contributed by atoms with Gasteiger partial charge in [-0.25, -0.2) is 0 Å². The van der Waals surface area contributed by atoms with Crippen molar-refractivity contribution in [3.63, 3.8) is 0 Å². The predicted octanol–water partition coefficient (Wildman–Crippen LogP) is 7.31. The van der Waals surface area contributed by atoms with E-state index >= 15 is 0 Å². The van der Waals surface area contributed by atoms with Crippen LogP contribution in [0.1, 0.15) is 111 Å². The second-order valence-corrected chi connectivity index (χ2v) is 13.7. The van der Waals surface area contributed by atoms with Crippen LogP contribution in [-0.2, 0) is 49.1 Å². The fourth-order valence-electron chi connectivity index (χ4n) is 5.85. The molecule has 51 heavy (non-hydrogen) atoms. The molecule has 1 aromatic rings. The molecule has 0 aromatic heterocycles. The molecular formula is C41H74O10. The van der Waals surface area contributed by atoms with E-state index in [0.29, 0.717) is 52.7 Å². The number of benzene rings is 1. The van der Waals surface area contributed by atoms with Crippen LogP contribution in [0.5, 0.6) is 0 Å². The molecule has 0 bridgehead atoms. The molecule has 1 saturated heterocycles. The molecule has 1 heterocycles. The lowest BCUT2D eigenvalue weighted by molar-refractivity contribution is -0.330. The molecule has 1 aromatic carbocycles. The number of hydrogen-bond acceptors (Lipinski definition) is 10. The Bertz CT molecular complexity index is 923. The summed E-state index contributed by atoms with van der Waals surface area (Å²) in [6, 6.07) is 10.4. The minimum absolute atomic E-state index is 0.227. The smallest absolute Gasteiger partial charge is 0.187 e. The second-order valence-electron chi connectivity index (χ2n) is 13.7. The van der Waals surface area contributed by atoms with E-state index in [1.165, 1.54) is 0 Å². The van der Waals surface area contributed by atoms with Gasteiger partial charge in [0.15, 0.2) is 6.29 Å². The van der Waals surface area contributed by atoms with E-state index in [0.717, 1.165) is 69.8 Å². The zero-order valence-corrected chi connectivity index (χ0v) is 33.1. The summed E-state index contributed by atoms with van der Waals surface area (Å²) in [6.45, 7) is 16.7. The van der Waals surface area contributed by atoms with Crippen LogP contribution in [0.25, 0.3) is 0 Å². The number of aliphatic hydroxyl groups excluding tert-OH is 1. The summed E-state index contributed by atoms with van der Waals surface area (Å²) in [4.78, 5) is 0. The van der Waals surface area contributed by atoms with Crippen molar-refractivity contribution in [1.82, 2.24) is 0 Å². The number of hydrogen-bond donors (Lipinski definition) is 1. The molecule has 9 atom stereocenters. The molecule has 298 valence electrons. The van der Waals surface area contributed by atoms with Crippen molar-refractivity contribution < 1.29 is 47.7 Å². The van der Waals surface area contributed by atoms with Crippen LogP contribution in [0, 0.1) is 0 Å². The molecule has 1 N–H and O–H groups in total. The van der Waals surface area contributed by atoms with Gasteiger partial charge in [-0.2, -0.15) is 0 Å². The van der Waals surface area contributed by atoms with Crippen molar-refractivity contribution in [3.05, 3.63) is 35.9 Å². The lowest BCUT2D eigenvalue weighted by Crippen LogP contribution is -2.62. The maximum atomic E-state index is 11.3. The lowest BCUT2D eigenvalue weighted by atomic mass is 9.98. The number of unbranched alkanes of at least 4 members (excludes halogenated alkanes) is 5. The summed E-state index contributed by atoms with van der Waals surface area (Å²) in [5.74, 6) is 0. The van der Waals surface area contributed by atoms with Gasteiger partial charge in [0.25, 0.3) is 0 Å². The van der Waals surface area contributed by atoms with Gasteiger partial charge < -0.3 is 47.7 Å². The van der Waals surface area contributed by atoms with E-state index in [9.17, 15) is 5.11 Å². The summed E-state index contributed by atoms with van der Waals surface area (Å²) in [5, 5.41) is 11.3. The third-order valence-electron chi connectivity index (χ3n) is 9.22. The van der Waals surface area contributed by atoms with E-state index in [4.69, 9.17) is 42.6 Å². The highest BCUT2D eigenvalue weighted by atomic mass is 16.7. The van der Waals surface area contributed by atoms with Crippen molar-refractivity contribution in [1.29, 1.82) is 0 Å². The van der Waals surface area contributed by atoms with Crippen molar-refractivity contribution >= 4 is 0 Å². The van der Waals surface area contributed by atoms with E-state index < -0.39 is 42.9 Å². The van der Waals surface area contributed by atoms with Gasteiger partial charge in [0.05, 0.1) is 32.0 Å². The maximum Gasteiger partial charge on any atom is 0.187 e. The first-order valence-electron chi connectivity index (χ1n) is 20.1. The van der Waals surface area contributed by atoms with Crippen LogP contribution < -0.4 is 0 Å². The summed E-state index contributed by atoms with van der Waals surface area (Å²) >= 11 is 0. The number of aliphatic hydroxyl groups is 1. The zero-order valence-electron chi connectivity index (χ0n) is 33.1.